The Bertz CT molecular complexity index is 384. The number of rotatable bonds is 23. The number of phosphoric acid groups is 1. The van der Waals surface area contributed by atoms with Crippen molar-refractivity contribution in [1.29, 1.82) is 0 Å². The van der Waals surface area contributed by atoms with Crippen LogP contribution in [0.4, 0.5) is 0 Å². The van der Waals surface area contributed by atoms with E-state index in [0.29, 0.717) is 6.61 Å². The molecule has 0 rings (SSSR count). The first-order chi connectivity index (χ1) is 14.9. The van der Waals surface area contributed by atoms with Gasteiger partial charge in [-0.2, -0.15) is 0 Å². The third-order valence-corrected chi connectivity index (χ3v) is 4.32. The van der Waals surface area contributed by atoms with E-state index in [4.69, 9.17) is 24.1 Å². The zero-order valence-electron chi connectivity index (χ0n) is 19.0. The average molecular weight is 475 g/mol. The average Bonchev–Trinajstić information content (AvgIpc) is 2.70. The quantitative estimate of drug-likeness (QED) is 0.0521. The van der Waals surface area contributed by atoms with Crippen LogP contribution in [0.2, 0.25) is 0 Å². The second kappa shape index (κ2) is 27.5. The molecule has 3 N–H and O–H groups in total. The van der Waals surface area contributed by atoms with Gasteiger partial charge < -0.3 is 19.6 Å². The minimum Gasteiger partial charge on any atom is -0.315 e. The van der Waals surface area contributed by atoms with Gasteiger partial charge in [0.1, 0.15) is 6.26 Å². The predicted octanol–water partition coefficient (Wildman–Crippen LogP) is 6.14. The monoisotopic (exact) mass is 474 g/mol. The molecule has 188 valence electrons. The first-order valence-electron chi connectivity index (χ1n) is 11.3. The molecular formula is C20H43O10P. The van der Waals surface area contributed by atoms with E-state index in [0.717, 1.165) is 19.1 Å². The molecule has 0 spiro atoms. The van der Waals surface area contributed by atoms with Gasteiger partial charge in [0.05, 0.1) is 6.61 Å². The van der Waals surface area contributed by atoms with Crippen molar-refractivity contribution in [3.05, 3.63) is 12.8 Å². The summed E-state index contributed by atoms with van der Waals surface area (Å²) in [4.78, 5) is 30.4. The highest BCUT2D eigenvalue weighted by atomic mass is 31.2. The van der Waals surface area contributed by atoms with Gasteiger partial charge in [0, 0.05) is 10.1 Å². The normalized spacial score (nSPS) is 11.1. The molecule has 0 amide bonds. The van der Waals surface area contributed by atoms with E-state index in [-0.39, 0.29) is 0 Å². The van der Waals surface area contributed by atoms with Crippen LogP contribution in [0, 0.1) is 0 Å². The van der Waals surface area contributed by atoms with Crippen LogP contribution in [0.15, 0.2) is 12.8 Å². The van der Waals surface area contributed by atoms with Crippen LogP contribution in [-0.4, -0.2) is 21.3 Å². The first kappa shape index (κ1) is 32.6. The molecule has 11 heteroatoms. The van der Waals surface area contributed by atoms with Gasteiger partial charge in [-0.3, -0.25) is 0 Å². The summed E-state index contributed by atoms with van der Waals surface area (Å²) in [5.41, 5.74) is 0. The molecule has 0 aromatic rings. The van der Waals surface area contributed by atoms with Crippen molar-refractivity contribution in [3.8, 4) is 0 Å². The van der Waals surface area contributed by atoms with Crippen molar-refractivity contribution in [3.63, 3.8) is 0 Å². The topological polar surface area (TPSA) is 133 Å². The molecule has 0 saturated heterocycles. The van der Waals surface area contributed by atoms with Gasteiger partial charge in [-0.1, -0.05) is 110 Å². The molecule has 0 aromatic heterocycles. The molecule has 0 aliphatic heterocycles. The highest BCUT2D eigenvalue weighted by molar-refractivity contribution is 7.45. The molecular weight excluding hydrogens is 431 g/mol. The lowest BCUT2D eigenvalue weighted by atomic mass is 10.0. The van der Waals surface area contributed by atoms with Gasteiger partial charge in [0.2, 0.25) is 0 Å². The Morgan fingerprint density at radius 1 is 0.645 bits per heavy atom. The highest BCUT2D eigenvalue weighted by Crippen LogP contribution is 2.25. The maximum atomic E-state index is 8.88. The van der Waals surface area contributed by atoms with Crippen LogP contribution in [-0.2, 0) is 34.5 Å². The Morgan fingerprint density at radius 2 is 1.00 bits per heavy atom. The van der Waals surface area contributed by atoms with Crippen LogP contribution in [0.5, 0.6) is 0 Å². The fourth-order valence-corrected chi connectivity index (χ4v) is 2.83. The molecule has 0 unspecified atom stereocenters. The number of hydrogen-bond acceptors (Lipinski definition) is 7. The van der Waals surface area contributed by atoms with Crippen LogP contribution < -0.4 is 0 Å². The standard InChI is InChI=1S/C20H40O6.H3O4P/c1-3-5-6-7-8-9-10-11-12-13-14-15-16-17-18-19-20-22-24-26-25-23-21-4-2;1-5(2,3)4/h4H,2-3,5-20H2,1H3;(H3,1,2,3,4). The van der Waals surface area contributed by atoms with Crippen LogP contribution >= 0.6 is 7.82 Å². The Labute approximate surface area is 186 Å². The van der Waals surface area contributed by atoms with Crippen LogP contribution in [0.1, 0.15) is 110 Å². The van der Waals surface area contributed by atoms with E-state index >= 15 is 0 Å². The van der Waals surface area contributed by atoms with Crippen molar-refractivity contribution < 1.29 is 49.2 Å². The fraction of sp³-hybridized carbons (Fsp3) is 0.900. The lowest BCUT2D eigenvalue weighted by molar-refractivity contribution is -0.751. The Kier molecular flexibility index (Phi) is 28.9. The SMILES string of the molecule is C=COOOOOOCCCCCCCCCCCCCCCCCC.O=P(O)(O)O. The van der Waals surface area contributed by atoms with Crippen LogP contribution in [0.25, 0.3) is 0 Å². The van der Waals surface area contributed by atoms with E-state index < -0.39 is 7.82 Å². The molecule has 0 aliphatic carbocycles. The van der Waals surface area contributed by atoms with E-state index in [9.17, 15) is 0 Å². The molecule has 0 saturated carbocycles. The molecule has 0 bridgehead atoms. The fourth-order valence-electron chi connectivity index (χ4n) is 2.83. The van der Waals surface area contributed by atoms with Crippen molar-refractivity contribution >= 4 is 7.82 Å². The van der Waals surface area contributed by atoms with Gasteiger partial charge in [-0.25, -0.2) is 9.45 Å². The lowest BCUT2D eigenvalue weighted by Crippen LogP contribution is -2.00. The summed E-state index contributed by atoms with van der Waals surface area (Å²) in [5, 5.41) is 16.2. The molecule has 0 radical (unpaired) electrons. The van der Waals surface area contributed by atoms with E-state index in [1.54, 1.807) is 0 Å². The van der Waals surface area contributed by atoms with Gasteiger partial charge in [0.15, 0.2) is 0 Å². The summed E-state index contributed by atoms with van der Waals surface area (Å²) in [6, 6.07) is 0. The Morgan fingerprint density at radius 3 is 1.39 bits per heavy atom. The summed E-state index contributed by atoms with van der Waals surface area (Å²) in [6.45, 7) is 5.95. The Hall–Kier alpha value is -0.550. The van der Waals surface area contributed by atoms with Gasteiger partial charge in [-0.05, 0) is 16.5 Å². The summed E-state index contributed by atoms with van der Waals surface area (Å²) in [5.74, 6) is 0. The van der Waals surface area contributed by atoms with E-state index in [1.165, 1.54) is 89.9 Å². The molecule has 0 aromatic carbocycles. The minimum absolute atomic E-state index is 0.449. The number of unbranched alkanes of at least 4 members (excludes halogenated alkanes) is 15. The molecule has 0 fully saturated rings. The maximum Gasteiger partial charge on any atom is 0.466 e. The molecule has 10 nitrogen and oxygen atoms in total. The largest absolute Gasteiger partial charge is 0.466 e. The highest BCUT2D eigenvalue weighted by Gasteiger charge is 2.00. The molecule has 0 heterocycles. The summed E-state index contributed by atoms with van der Waals surface area (Å²) in [6.07, 6.45) is 22.4. The predicted molar refractivity (Wildman–Crippen MR) is 115 cm³/mol. The summed E-state index contributed by atoms with van der Waals surface area (Å²) >= 11 is 0. The van der Waals surface area contributed by atoms with Crippen molar-refractivity contribution in [1.82, 2.24) is 0 Å². The first-order valence-corrected chi connectivity index (χ1v) is 12.8. The van der Waals surface area contributed by atoms with Crippen molar-refractivity contribution in [2.45, 2.75) is 110 Å². The third-order valence-electron chi connectivity index (χ3n) is 4.32. The smallest absolute Gasteiger partial charge is 0.315 e. The second-order valence-corrected chi connectivity index (χ2v) is 8.20. The van der Waals surface area contributed by atoms with Gasteiger partial charge in [-0.15, -0.1) is 0 Å². The van der Waals surface area contributed by atoms with Gasteiger partial charge >= 0.3 is 7.82 Å². The van der Waals surface area contributed by atoms with Crippen molar-refractivity contribution in [2.75, 3.05) is 6.61 Å². The summed E-state index contributed by atoms with van der Waals surface area (Å²) in [7, 11) is -4.64. The molecule has 31 heavy (non-hydrogen) atoms. The van der Waals surface area contributed by atoms with Crippen LogP contribution in [0.3, 0.4) is 0 Å². The van der Waals surface area contributed by atoms with E-state index in [2.05, 4.69) is 38.5 Å². The molecule has 0 aliphatic rings. The second-order valence-electron chi connectivity index (χ2n) is 7.17. The Balaban J connectivity index is 0. The molecule has 0 atom stereocenters. The summed E-state index contributed by atoms with van der Waals surface area (Å²) < 4.78 is 8.88. The zero-order valence-corrected chi connectivity index (χ0v) is 19.8. The zero-order chi connectivity index (χ0) is 23.5. The lowest BCUT2D eigenvalue weighted by Gasteiger charge is -2.03. The number of hydrogen-bond donors (Lipinski definition) is 3. The van der Waals surface area contributed by atoms with Gasteiger partial charge in [0.25, 0.3) is 0 Å². The minimum atomic E-state index is -4.64. The third kappa shape index (κ3) is 44.0. The maximum absolute atomic E-state index is 8.88. The van der Waals surface area contributed by atoms with Crippen molar-refractivity contribution in [2.24, 2.45) is 0 Å². The van der Waals surface area contributed by atoms with E-state index in [1.807, 2.05) is 0 Å².